The lowest BCUT2D eigenvalue weighted by molar-refractivity contribution is -0.123. The first-order valence-corrected chi connectivity index (χ1v) is 8.74. The average Bonchev–Trinajstić information content (AvgIpc) is 2.99. The van der Waals surface area contributed by atoms with E-state index >= 15 is 0 Å². The van der Waals surface area contributed by atoms with E-state index in [4.69, 9.17) is 11.6 Å². The van der Waals surface area contributed by atoms with Crippen LogP contribution in [0.25, 0.3) is 0 Å². The Hall–Kier alpha value is -1.02. The Morgan fingerprint density at radius 2 is 1.95 bits per heavy atom. The molecule has 0 aliphatic heterocycles. The summed E-state index contributed by atoms with van der Waals surface area (Å²) in [4.78, 5) is 12.6. The second-order valence-electron chi connectivity index (χ2n) is 6.49. The van der Waals surface area contributed by atoms with Gasteiger partial charge in [0.1, 0.15) is 0 Å². The van der Waals surface area contributed by atoms with Crippen LogP contribution >= 0.6 is 11.6 Å². The molecule has 0 aromatic heterocycles. The van der Waals surface area contributed by atoms with E-state index < -0.39 is 0 Å². The van der Waals surface area contributed by atoms with Crippen LogP contribution in [-0.2, 0) is 11.2 Å². The van der Waals surface area contributed by atoms with Gasteiger partial charge in [-0.05, 0) is 55.1 Å². The van der Waals surface area contributed by atoms with Crippen LogP contribution in [0.15, 0.2) is 24.3 Å². The fourth-order valence-corrected chi connectivity index (χ4v) is 4.37. The Morgan fingerprint density at radius 1 is 1.14 bits per heavy atom. The molecule has 2 aliphatic carbocycles. The molecule has 1 aromatic carbocycles. The first kappa shape index (κ1) is 14.9. The number of hydrogen-bond donors (Lipinski definition) is 1. The number of alkyl halides is 1. The predicted octanol–water partition coefficient (Wildman–Crippen LogP) is 3.88. The van der Waals surface area contributed by atoms with Crippen LogP contribution in [0.2, 0.25) is 0 Å². The normalized spacial score (nSPS) is 28.1. The molecule has 3 heteroatoms. The van der Waals surface area contributed by atoms with Crippen molar-refractivity contribution >= 4 is 17.5 Å². The van der Waals surface area contributed by atoms with Crippen LogP contribution < -0.4 is 5.32 Å². The van der Waals surface area contributed by atoms with E-state index in [9.17, 15) is 4.79 Å². The van der Waals surface area contributed by atoms with E-state index in [-0.39, 0.29) is 11.8 Å². The number of carbonyl (C=O) groups excluding carboxylic acids is 1. The highest BCUT2D eigenvalue weighted by Gasteiger charge is 2.29. The topological polar surface area (TPSA) is 29.1 Å². The maximum atomic E-state index is 12.6. The van der Waals surface area contributed by atoms with Crippen molar-refractivity contribution < 1.29 is 4.79 Å². The average molecular weight is 306 g/mol. The minimum Gasteiger partial charge on any atom is -0.355 e. The van der Waals surface area contributed by atoms with Crippen molar-refractivity contribution in [2.45, 2.75) is 44.4 Å². The number of halogens is 1. The van der Waals surface area contributed by atoms with Gasteiger partial charge in [-0.3, -0.25) is 4.79 Å². The number of fused-ring (bicyclic) bond motifs is 1. The van der Waals surface area contributed by atoms with Crippen LogP contribution in [0.4, 0.5) is 0 Å². The van der Waals surface area contributed by atoms with Crippen molar-refractivity contribution in [3.8, 4) is 0 Å². The van der Waals surface area contributed by atoms with Crippen molar-refractivity contribution in [2.24, 2.45) is 11.8 Å². The van der Waals surface area contributed by atoms with Gasteiger partial charge in [-0.1, -0.05) is 30.7 Å². The molecule has 0 heterocycles. The minimum absolute atomic E-state index is 0.0470. The lowest BCUT2D eigenvalue weighted by Crippen LogP contribution is -2.35. The summed E-state index contributed by atoms with van der Waals surface area (Å²) in [5, 5.41) is 3.20. The summed E-state index contributed by atoms with van der Waals surface area (Å²) in [6.45, 7) is 0.800. The van der Waals surface area contributed by atoms with E-state index in [2.05, 4.69) is 23.5 Å². The molecule has 0 bridgehead atoms. The summed E-state index contributed by atoms with van der Waals surface area (Å²) >= 11 is 6.02. The predicted molar refractivity (Wildman–Crippen MR) is 86.7 cm³/mol. The van der Waals surface area contributed by atoms with Crippen LogP contribution in [0.1, 0.15) is 49.1 Å². The van der Waals surface area contributed by atoms with Crippen molar-refractivity contribution in [2.75, 3.05) is 12.4 Å². The van der Waals surface area contributed by atoms with Crippen LogP contribution in [0, 0.1) is 11.8 Å². The van der Waals surface area contributed by atoms with E-state index in [1.54, 1.807) is 0 Å². The second-order valence-corrected chi connectivity index (χ2v) is 6.80. The van der Waals surface area contributed by atoms with Gasteiger partial charge in [-0.2, -0.15) is 0 Å². The molecule has 1 fully saturated rings. The molecule has 1 saturated carbocycles. The number of nitrogens with one attached hydrogen (secondary N) is 1. The number of amides is 1. The third kappa shape index (κ3) is 3.26. The molecule has 3 atom stereocenters. The van der Waals surface area contributed by atoms with E-state index in [0.29, 0.717) is 11.8 Å². The number of rotatable bonds is 4. The maximum absolute atomic E-state index is 12.6. The van der Waals surface area contributed by atoms with E-state index in [0.717, 1.165) is 31.7 Å². The molecular weight excluding hydrogens is 282 g/mol. The number of aryl methyl sites for hydroxylation is 1. The summed E-state index contributed by atoms with van der Waals surface area (Å²) in [7, 11) is 0. The fourth-order valence-electron chi connectivity index (χ4n) is 3.97. The van der Waals surface area contributed by atoms with Crippen LogP contribution in [0.5, 0.6) is 0 Å². The standard InChI is InChI=1S/C18H24ClNO/c19-11-14-7-3-8-15(14)12-20-18(21)17-10-4-6-13-5-1-2-9-16(13)17/h1-2,5,9,14-15,17H,3-4,6-8,10-12H2,(H,20,21). The molecule has 0 spiro atoms. The van der Waals surface area contributed by atoms with Crippen molar-refractivity contribution in [3.05, 3.63) is 35.4 Å². The summed E-state index contributed by atoms with van der Waals surface area (Å²) in [6, 6.07) is 8.40. The Kier molecular flexibility index (Phi) is 4.84. The van der Waals surface area contributed by atoms with Gasteiger partial charge in [-0.15, -0.1) is 11.6 Å². The van der Waals surface area contributed by atoms with Crippen molar-refractivity contribution in [1.82, 2.24) is 5.32 Å². The van der Waals surface area contributed by atoms with Gasteiger partial charge >= 0.3 is 0 Å². The second kappa shape index (κ2) is 6.83. The van der Waals surface area contributed by atoms with Crippen LogP contribution in [0.3, 0.4) is 0 Å². The minimum atomic E-state index is 0.0470. The highest BCUT2D eigenvalue weighted by molar-refractivity contribution is 6.18. The lowest BCUT2D eigenvalue weighted by Gasteiger charge is -2.26. The van der Waals surface area contributed by atoms with E-state index in [1.807, 2.05) is 6.07 Å². The molecule has 0 radical (unpaired) electrons. The van der Waals surface area contributed by atoms with Gasteiger partial charge in [0.2, 0.25) is 5.91 Å². The zero-order valence-electron chi connectivity index (χ0n) is 12.5. The first-order valence-electron chi connectivity index (χ1n) is 8.21. The zero-order chi connectivity index (χ0) is 14.7. The van der Waals surface area contributed by atoms with Gasteiger partial charge in [0.05, 0.1) is 5.92 Å². The summed E-state index contributed by atoms with van der Waals surface area (Å²) in [5.41, 5.74) is 2.59. The molecule has 0 saturated heterocycles. The maximum Gasteiger partial charge on any atom is 0.227 e. The Morgan fingerprint density at radius 3 is 2.81 bits per heavy atom. The fraction of sp³-hybridized carbons (Fsp3) is 0.611. The van der Waals surface area contributed by atoms with Gasteiger partial charge in [0.25, 0.3) is 0 Å². The molecule has 2 aliphatic rings. The van der Waals surface area contributed by atoms with Gasteiger partial charge in [0.15, 0.2) is 0 Å². The highest BCUT2D eigenvalue weighted by Crippen LogP contribution is 2.33. The van der Waals surface area contributed by atoms with Crippen molar-refractivity contribution in [3.63, 3.8) is 0 Å². The van der Waals surface area contributed by atoms with Gasteiger partial charge < -0.3 is 5.32 Å². The monoisotopic (exact) mass is 305 g/mol. The first-order chi connectivity index (χ1) is 10.3. The molecule has 21 heavy (non-hydrogen) atoms. The number of benzene rings is 1. The number of hydrogen-bond acceptors (Lipinski definition) is 1. The third-order valence-corrected chi connectivity index (χ3v) is 5.64. The zero-order valence-corrected chi connectivity index (χ0v) is 13.2. The Labute approximate surface area is 132 Å². The highest BCUT2D eigenvalue weighted by atomic mass is 35.5. The van der Waals surface area contributed by atoms with Gasteiger partial charge in [-0.25, -0.2) is 0 Å². The van der Waals surface area contributed by atoms with Gasteiger partial charge in [0, 0.05) is 12.4 Å². The quantitative estimate of drug-likeness (QED) is 0.840. The smallest absolute Gasteiger partial charge is 0.227 e. The molecule has 1 N–H and O–H groups in total. The van der Waals surface area contributed by atoms with Crippen LogP contribution in [-0.4, -0.2) is 18.3 Å². The Balaban J connectivity index is 1.61. The summed E-state index contributed by atoms with van der Waals surface area (Å²) < 4.78 is 0. The Bertz CT molecular complexity index is 502. The summed E-state index contributed by atoms with van der Waals surface area (Å²) in [6.07, 6.45) is 6.88. The molecule has 2 nitrogen and oxygen atoms in total. The largest absolute Gasteiger partial charge is 0.355 e. The summed E-state index contributed by atoms with van der Waals surface area (Å²) in [5.74, 6) is 2.15. The molecule has 114 valence electrons. The molecular formula is C18H24ClNO. The molecule has 1 aromatic rings. The lowest BCUT2D eigenvalue weighted by atomic mass is 9.82. The molecule has 3 unspecified atom stereocenters. The number of carbonyl (C=O) groups is 1. The van der Waals surface area contributed by atoms with Crippen molar-refractivity contribution in [1.29, 1.82) is 0 Å². The van der Waals surface area contributed by atoms with E-state index in [1.165, 1.54) is 30.4 Å². The SMILES string of the molecule is O=C(NCC1CCCC1CCl)C1CCCc2ccccc21. The molecule has 1 amide bonds. The third-order valence-electron chi connectivity index (χ3n) is 5.24. The molecule has 3 rings (SSSR count).